The van der Waals surface area contributed by atoms with Crippen molar-refractivity contribution in [3.8, 4) is 0 Å². The van der Waals surface area contributed by atoms with Gasteiger partial charge in [0.05, 0.1) is 6.10 Å². The summed E-state index contributed by atoms with van der Waals surface area (Å²) in [6.07, 6.45) is 13.9. The van der Waals surface area contributed by atoms with Gasteiger partial charge in [0.2, 0.25) is 5.91 Å². The molecule has 3 fully saturated rings. The van der Waals surface area contributed by atoms with E-state index < -0.39 is 0 Å². The molecule has 0 bridgehead atoms. The van der Waals surface area contributed by atoms with Crippen molar-refractivity contribution >= 4 is 17.7 Å². The van der Waals surface area contributed by atoms with Crippen molar-refractivity contribution in [2.45, 2.75) is 107 Å². The zero-order valence-electron chi connectivity index (χ0n) is 16.3. The van der Waals surface area contributed by atoms with Crippen LogP contribution >= 0.6 is 11.8 Å². The highest BCUT2D eigenvalue weighted by molar-refractivity contribution is 8.00. The first-order valence-corrected chi connectivity index (χ1v) is 11.6. The molecule has 1 amide bonds. The molecule has 0 spiro atoms. The average Bonchev–Trinajstić information content (AvgIpc) is 3.05. The first kappa shape index (κ1) is 19.5. The Labute approximate surface area is 158 Å². The van der Waals surface area contributed by atoms with Crippen molar-refractivity contribution in [2.24, 2.45) is 5.92 Å². The third-order valence-corrected chi connectivity index (χ3v) is 7.93. The Hall–Kier alpha value is -0.220. The predicted octanol–water partition coefficient (Wildman–Crippen LogP) is 5.03. The molecule has 3 nitrogen and oxygen atoms in total. The summed E-state index contributed by atoms with van der Waals surface area (Å²) in [6.45, 7) is 5.91. The topological polar surface area (TPSA) is 29.5 Å². The summed E-state index contributed by atoms with van der Waals surface area (Å²) in [6, 6.07) is 0.465. The van der Waals surface area contributed by atoms with Crippen LogP contribution < -0.4 is 0 Å². The number of hydrogen-bond acceptors (Lipinski definition) is 3. The van der Waals surface area contributed by atoms with Crippen molar-refractivity contribution in [3.05, 3.63) is 0 Å². The smallest absolute Gasteiger partial charge is 0.248 e. The lowest BCUT2D eigenvalue weighted by molar-refractivity contribution is -0.142. The maximum Gasteiger partial charge on any atom is 0.248 e. The number of ether oxygens (including phenoxy) is 1. The van der Waals surface area contributed by atoms with Crippen LogP contribution in [0.15, 0.2) is 0 Å². The predicted molar refractivity (Wildman–Crippen MR) is 106 cm³/mol. The molecule has 25 heavy (non-hydrogen) atoms. The zero-order valence-corrected chi connectivity index (χ0v) is 17.1. The van der Waals surface area contributed by atoms with Gasteiger partial charge in [0.25, 0.3) is 0 Å². The lowest BCUT2D eigenvalue weighted by Crippen LogP contribution is -2.46. The molecule has 0 N–H and O–H groups in total. The Balaban J connectivity index is 1.52. The molecule has 0 aromatic carbocycles. The number of nitrogens with zero attached hydrogens (tertiary/aromatic N) is 1. The molecule has 1 heterocycles. The third-order valence-electron chi connectivity index (χ3n) is 6.46. The van der Waals surface area contributed by atoms with Gasteiger partial charge in [-0.1, -0.05) is 33.1 Å². The van der Waals surface area contributed by atoms with E-state index in [4.69, 9.17) is 4.74 Å². The van der Waals surface area contributed by atoms with E-state index in [1.165, 1.54) is 57.8 Å². The van der Waals surface area contributed by atoms with E-state index in [0.717, 1.165) is 30.6 Å². The molecule has 3 rings (SSSR count). The van der Waals surface area contributed by atoms with Gasteiger partial charge in [0, 0.05) is 23.1 Å². The molecule has 2 atom stereocenters. The van der Waals surface area contributed by atoms with Gasteiger partial charge >= 0.3 is 0 Å². The lowest BCUT2D eigenvalue weighted by Gasteiger charge is -2.36. The minimum Gasteiger partial charge on any atom is -0.368 e. The summed E-state index contributed by atoms with van der Waals surface area (Å²) in [7, 11) is 0. The van der Waals surface area contributed by atoms with Gasteiger partial charge in [-0.2, -0.15) is 11.8 Å². The second kappa shape index (κ2) is 9.64. The standard InChI is InChI=1S/C21H37NO2S/c1-16-8-11-19(12-9-16)24-15-21(23)22(18-6-4-3-5-7-18)14-20-13-10-17(2)25-20/h16-20H,3-15H2,1-2H3. The normalized spacial score (nSPS) is 34.2. The van der Waals surface area contributed by atoms with Crippen LogP contribution in [0.4, 0.5) is 0 Å². The fourth-order valence-electron chi connectivity index (χ4n) is 4.75. The Morgan fingerprint density at radius 1 is 0.960 bits per heavy atom. The molecule has 2 unspecified atom stereocenters. The second-order valence-electron chi connectivity index (χ2n) is 8.68. The summed E-state index contributed by atoms with van der Waals surface area (Å²) in [5.74, 6) is 1.08. The number of carbonyl (C=O) groups is 1. The first-order chi connectivity index (χ1) is 12.1. The van der Waals surface area contributed by atoms with E-state index in [9.17, 15) is 4.79 Å². The van der Waals surface area contributed by atoms with E-state index >= 15 is 0 Å². The molecular formula is C21H37NO2S. The number of thioether (sulfide) groups is 1. The summed E-state index contributed by atoms with van der Waals surface area (Å²) < 4.78 is 6.05. The van der Waals surface area contributed by atoms with Gasteiger partial charge in [0.1, 0.15) is 6.61 Å². The molecule has 2 aliphatic carbocycles. The summed E-state index contributed by atoms with van der Waals surface area (Å²) in [5.41, 5.74) is 0. The van der Waals surface area contributed by atoms with Crippen molar-refractivity contribution in [3.63, 3.8) is 0 Å². The highest BCUT2D eigenvalue weighted by atomic mass is 32.2. The maximum atomic E-state index is 13.0. The monoisotopic (exact) mass is 367 g/mol. The van der Waals surface area contributed by atoms with Crippen LogP contribution in [-0.2, 0) is 9.53 Å². The zero-order chi connectivity index (χ0) is 17.6. The van der Waals surface area contributed by atoms with Crippen LogP contribution in [-0.4, -0.2) is 46.6 Å². The van der Waals surface area contributed by atoms with Crippen LogP contribution in [0.5, 0.6) is 0 Å². The second-order valence-corrected chi connectivity index (χ2v) is 10.4. The number of hydrogen-bond donors (Lipinski definition) is 0. The van der Waals surface area contributed by atoms with Crippen LogP contribution in [0.1, 0.15) is 84.5 Å². The molecule has 0 aromatic rings. The molecular weight excluding hydrogens is 330 g/mol. The van der Waals surface area contributed by atoms with E-state index in [1.54, 1.807) is 0 Å². The van der Waals surface area contributed by atoms with Gasteiger partial charge in [-0.15, -0.1) is 0 Å². The largest absolute Gasteiger partial charge is 0.368 e. The average molecular weight is 368 g/mol. The molecule has 0 aromatic heterocycles. The van der Waals surface area contributed by atoms with Gasteiger partial charge in [0.15, 0.2) is 0 Å². The number of carbonyl (C=O) groups excluding carboxylic acids is 1. The van der Waals surface area contributed by atoms with Crippen LogP contribution in [0, 0.1) is 5.92 Å². The molecule has 144 valence electrons. The number of rotatable bonds is 6. The lowest BCUT2D eigenvalue weighted by atomic mass is 9.89. The van der Waals surface area contributed by atoms with Crippen molar-refractivity contribution in [2.75, 3.05) is 13.2 Å². The van der Waals surface area contributed by atoms with Crippen molar-refractivity contribution in [1.29, 1.82) is 0 Å². The van der Waals surface area contributed by atoms with E-state index in [1.807, 2.05) is 0 Å². The van der Waals surface area contributed by atoms with Gasteiger partial charge in [-0.3, -0.25) is 4.79 Å². The SMILES string of the molecule is CC1CCC(OCC(=O)N(CC2CCC(C)S2)C2CCCCC2)CC1. The van der Waals surface area contributed by atoms with Crippen molar-refractivity contribution < 1.29 is 9.53 Å². The third kappa shape index (κ3) is 5.89. The number of amides is 1. The molecule has 3 aliphatic rings. The first-order valence-electron chi connectivity index (χ1n) is 10.7. The highest BCUT2D eigenvalue weighted by Crippen LogP contribution is 2.35. The summed E-state index contributed by atoms with van der Waals surface area (Å²) in [4.78, 5) is 15.2. The molecule has 1 aliphatic heterocycles. The molecule has 4 heteroatoms. The summed E-state index contributed by atoms with van der Waals surface area (Å²) in [5, 5.41) is 1.39. The maximum absolute atomic E-state index is 13.0. The molecule has 1 saturated heterocycles. The van der Waals surface area contributed by atoms with E-state index in [-0.39, 0.29) is 5.91 Å². The van der Waals surface area contributed by atoms with Gasteiger partial charge in [-0.25, -0.2) is 0 Å². The highest BCUT2D eigenvalue weighted by Gasteiger charge is 2.31. The van der Waals surface area contributed by atoms with Crippen LogP contribution in [0.3, 0.4) is 0 Å². The Bertz CT molecular complexity index is 416. The Morgan fingerprint density at radius 3 is 2.32 bits per heavy atom. The van der Waals surface area contributed by atoms with Gasteiger partial charge in [-0.05, 0) is 57.3 Å². The fourth-order valence-corrected chi connectivity index (χ4v) is 6.20. The van der Waals surface area contributed by atoms with Crippen LogP contribution in [0.25, 0.3) is 0 Å². The van der Waals surface area contributed by atoms with E-state index in [0.29, 0.717) is 24.0 Å². The summed E-state index contributed by atoms with van der Waals surface area (Å²) >= 11 is 2.09. The van der Waals surface area contributed by atoms with Crippen molar-refractivity contribution in [1.82, 2.24) is 4.90 Å². The fraction of sp³-hybridized carbons (Fsp3) is 0.952. The quantitative estimate of drug-likeness (QED) is 0.659. The van der Waals surface area contributed by atoms with Gasteiger partial charge < -0.3 is 9.64 Å². The Morgan fingerprint density at radius 2 is 1.68 bits per heavy atom. The van der Waals surface area contributed by atoms with E-state index in [2.05, 4.69) is 30.5 Å². The minimum absolute atomic E-state index is 0.255. The molecule has 0 radical (unpaired) electrons. The minimum atomic E-state index is 0.255. The van der Waals surface area contributed by atoms with Crippen LogP contribution in [0.2, 0.25) is 0 Å². The molecule has 2 saturated carbocycles. The Kier molecular flexibility index (Phi) is 7.53.